The highest BCUT2D eigenvalue weighted by Gasteiger charge is 2.08. The second-order valence-corrected chi connectivity index (χ2v) is 19.0. The second-order valence-electron chi connectivity index (χ2n) is 17.9. The van der Waals surface area contributed by atoms with Crippen molar-refractivity contribution < 1.29 is 21.7 Å². The monoisotopic (exact) mass is 857 g/mol. The fraction of sp³-hybridized carbons (Fsp3) is 0.792. The highest BCUT2D eigenvalue weighted by molar-refractivity contribution is 7.80. The molecule has 0 aliphatic rings. The van der Waals surface area contributed by atoms with E-state index in [2.05, 4.69) is 83.3 Å². The van der Waals surface area contributed by atoms with E-state index in [0.29, 0.717) is 0 Å². The van der Waals surface area contributed by atoms with Gasteiger partial charge in [-0.3, -0.25) is 4.18 Å². The number of nitrogens with zero attached hydrogens (tertiary/aromatic N) is 2. The van der Waals surface area contributed by atoms with Gasteiger partial charge in [-0.1, -0.05) is 244 Å². The molecule has 1 aromatic carbocycles. The fourth-order valence-corrected chi connectivity index (χ4v) is 8.34. The van der Waals surface area contributed by atoms with Gasteiger partial charge in [-0.25, -0.2) is 13.0 Å². The van der Waals surface area contributed by atoms with Crippen LogP contribution in [0.1, 0.15) is 245 Å². The lowest BCUT2D eigenvalue weighted by Gasteiger charge is -2.25. The Labute approximate surface area is 373 Å². The molecular weight excluding hydrogens is 761 g/mol. The Morgan fingerprint density at radius 3 is 0.917 bits per heavy atom. The van der Waals surface area contributed by atoms with Crippen LogP contribution in [0.25, 0.3) is 11.1 Å². The first-order valence-corrected chi connectivity index (χ1v) is 27.0. The third-order valence-electron chi connectivity index (χ3n) is 12.3. The Kier molecular flexibility index (Phi) is 38.4. The van der Waals surface area contributed by atoms with Gasteiger partial charge in [0.1, 0.15) is 7.05 Å². The van der Waals surface area contributed by atoms with Crippen LogP contribution in [0, 0.1) is 0 Å². The van der Waals surface area contributed by atoms with E-state index in [-0.39, 0.29) is 0 Å². The molecule has 0 amide bonds. The maximum Gasteiger partial charge on any atom is 0.217 e. The van der Waals surface area contributed by atoms with Crippen LogP contribution in [0.3, 0.4) is 0 Å². The summed E-state index contributed by atoms with van der Waals surface area (Å²) in [7, 11) is -1.52. The van der Waals surface area contributed by atoms with Gasteiger partial charge in [0.25, 0.3) is 0 Å². The summed E-state index contributed by atoms with van der Waals surface area (Å²) in [5, 5.41) is 0. The van der Waals surface area contributed by atoms with Gasteiger partial charge in [0.2, 0.25) is 10.4 Å². The molecule has 0 bridgehead atoms. The Balaban J connectivity index is 0.00000278. The van der Waals surface area contributed by atoms with Crippen molar-refractivity contribution in [2.45, 2.75) is 245 Å². The molecule has 7 heteroatoms. The lowest BCUT2D eigenvalue weighted by atomic mass is 10.0. The summed E-state index contributed by atoms with van der Waals surface area (Å²) in [6.45, 7) is 7.03. The molecule has 1 aromatic heterocycles. The molecule has 2 aromatic rings. The number of anilines is 1. The zero-order chi connectivity index (χ0) is 43.6. The average Bonchev–Trinajstić information content (AvgIpc) is 3.25. The first-order valence-electron chi connectivity index (χ1n) is 25.6. The van der Waals surface area contributed by atoms with Gasteiger partial charge in [-0.2, -0.15) is 0 Å². The number of aromatic nitrogens is 1. The van der Waals surface area contributed by atoms with Crippen LogP contribution in [-0.4, -0.2) is 33.2 Å². The Hall–Kier alpha value is -1.96. The number of hydrogen-bond donors (Lipinski definition) is 0. The highest BCUT2D eigenvalue weighted by Crippen LogP contribution is 2.24. The summed E-state index contributed by atoms with van der Waals surface area (Å²) in [5.74, 6) is 0. The minimum absolute atomic E-state index is 0.808. The van der Waals surface area contributed by atoms with Crippen LogP contribution in [0.4, 0.5) is 5.69 Å². The number of pyridine rings is 1. The minimum Gasteiger partial charge on any atom is -0.726 e. The summed E-state index contributed by atoms with van der Waals surface area (Å²) in [5.41, 5.74) is 4.04. The highest BCUT2D eigenvalue weighted by atomic mass is 32.3. The van der Waals surface area contributed by atoms with Crippen molar-refractivity contribution in [1.82, 2.24) is 0 Å². The molecule has 0 saturated heterocycles. The largest absolute Gasteiger partial charge is 0.726 e. The molecule has 0 saturated carbocycles. The lowest BCUT2D eigenvalue weighted by molar-refractivity contribution is -0.671. The smallest absolute Gasteiger partial charge is 0.217 e. The maximum atomic E-state index is 9.22. The molecule has 0 N–H and O–H groups in total. The van der Waals surface area contributed by atoms with Crippen LogP contribution in [0.2, 0.25) is 0 Å². The zero-order valence-corrected chi connectivity index (χ0v) is 40.7. The van der Waals surface area contributed by atoms with Crippen LogP contribution in [0.15, 0.2) is 48.8 Å². The molecule has 60 heavy (non-hydrogen) atoms. The molecule has 1 heterocycles. The Morgan fingerprint density at radius 1 is 0.433 bits per heavy atom. The Bertz CT molecular complexity index is 1240. The summed E-state index contributed by atoms with van der Waals surface area (Å²) in [6.07, 6.45) is 56.1. The molecule has 0 aliphatic heterocycles. The van der Waals surface area contributed by atoms with Crippen molar-refractivity contribution in [3.8, 4) is 11.1 Å². The molecule has 0 radical (unpaired) electrons. The summed E-state index contributed by atoms with van der Waals surface area (Å²) in [6, 6.07) is 13.9. The number of unbranched alkanes of at least 4 members (excludes halogenated alkanes) is 34. The van der Waals surface area contributed by atoms with Crippen LogP contribution >= 0.6 is 0 Å². The van der Waals surface area contributed by atoms with E-state index in [4.69, 9.17) is 0 Å². The average molecular weight is 857 g/mol. The maximum absolute atomic E-state index is 9.22. The van der Waals surface area contributed by atoms with E-state index >= 15 is 0 Å². The molecule has 6 nitrogen and oxygen atoms in total. The predicted molar refractivity (Wildman–Crippen MR) is 260 cm³/mol. The topological polar surface area (TPSA) is 73.5 Å². The second kappa shape index (κ2) is 41.1. The van der Waals surface area contributed by atoms with E-state index in [1.807, 2.05) is 0 Å². The minimum atomic E-state index is -4.41. The Morgan fingerprint density at radius 2 is 0.667 bits per heavy atom. The van der Waals surface area contributed by atoms with Crippen LogP contribution in [-0.2, 0) is 21.6 Å². The lowest BCUT2D eigenvalue weighted by Crippen LogP contribution is -2.26. The van der Waals surface area contributed by atoms with Crippen molar-refractivity contribution >= 4 is 16.1 Å². The SMILES string of the molecule is CCCCCCCCCCCCCCCCCCCCN(CCCCCCCCCCCCCCCCCCCC)c1ccc(-c2cc[n+](C)cc2)cc1.COS(=O)(=O)[O-]. The van der Waals surface area contributed by atoms with Crippen LogP contribution < -0.4 is 9.47 Å². The van der Waals surface area contributed by atoms with Crippen molar-refractivity contribution in [1.29, 1.82) is 0 Å². The van der Waals surface area contributed by atoms with Gasteiger partial charge < -0.3 is 9.45 Å². The number of benzene rings is 1. The molecular formula is C53H96N2O4S. The number of hydrogen-bond acceptors (Lipinski definition) is 5. The van der Waals surface area contributed by atoms with Gasteiger partial charge in [-0.05, 0) is 36.1 Å². The van der Waals surface area contributed by atoms with Crippen molar-refractivity contribution in [2.24, 2.45) is 7.05 Å². The van der Waals surface area contributed by atoms with Gasteiger partial charge in [-0.15, -0.1) is 0 Å². The molecule has 0 aliphatic carbocycles. The molecule has 348 valence electrons. The van der Waals surface area contributed by atoms with Crippen molar-refractivity contribution in [2.75, 3.05) is 25.1 Å². The van der Waals surface area contributed by atoms with Crippen molar-refractivity contribution in [3.05, 3.63) is 48.8 Å². The number of rotatable bonds is 41. The van der Waals surface area contributed by atoms with E-state index in [0.717, 1.165) is 7.11 Å². The number of aryl methyl sites for hydroxylation is 1. The molecule has 2 rings (SSSR count). The van der Waals surface area contributed by atoms with E-state index < -0.39 is 10.4 Å². The van der Waals surface area contributed by atoms with E-state index in [9.17, 15) is 13.0 Å². The molecule has 0 fully saturated rings. The zero-order valence-electron chi connectivity index (χ0n) is 39.9. The van der Waals surface area contributed by atoms with E-state index in [1.54, 1.807) is 0 Å². The standard InChI is InChI=1S/C52H93N2.CH4O4S/c1-4-6-8-10-12-14-16-18-20-22-24-26-28-30-32-34-36-38-46-54(52-42-40-50(41-43-52)51-44-48-53(3)49-45-51)47-39-37-35-33-31-29-27-25-23-21-19-17-15-13-11-9-7-5-2;1-5-6(2,3)4/h40-45,48-49H,4-39,46-47H2,1-3H3;1H3,(H,2,3,4)/q+1;/p-1. The predicted octanol–water partition coefficient (Wildman–Crippen LogP) is 16.2. The first kappa shape index (κ1) is 56.1. The van der Waals surface area contributed by atoms with Crippen LogP contribution in [0.5, 0.6) is 0 Å². The van der Waals surface area contributed by atoms with Gasteiger partial charge >= 0.3 is 0 Å². The normalized spacial score (nSPS) is 11.5. The summed E-state index contributed by atoms with van der Waals surface area (Å²) >= 11 is 0. The molecule has 0 atom stereocenters. The summed E-state index contributed by atoms with van der Waals surface area (Å²) in [4.78, 5) is 2.70. The summed E-state index contributed by atoms with van der Waals surface area (Å²) < 4.78 is 33.1. The van der Waals surface area contributed by atoms with Gasteiger partial charge in [0, 0.05) is 30.9 Å². The molecule has 0 spiro atoms. The molecule has 0 unspecified atom stereocenters. The third kappa shape index (κ3) is 35.6. The first-order chi connectivity index (χ1) is 29.3. The third-order valence-corrected chi connectivity index (χ3v) is 12.7. The quantitative estimate of drug-likeness (QED) is 0.0288. The van der Waals surface area contributed by atoms with Crippen molar-refractivity contribution in [3.63, 3.8) is 0 Å². The van der Waals surface area contributed by atoms with Gasteiger partial charge in [0.05, 0.1) is 7.11 Å². The van der Waals surface area contributed by atoms with E-state index in [1.165, 1.54) is 261 Å². The fourth-order valence-electron chi connectivity index (χ4n) is 8.34. The van der Waals surface area contributed by atoms with Gasteiger partial charge in [0.15, 0.2) is 12.4 Å².